The summed E-state index contributed by atoms with van der Waals surface area (Å²) in [4.78, 5) is 121. The first-order chi connectivity index (χ1) is 27.4. The summed E-state index contributed by atoms with van der Waals surface area (Å²) in [5.74, 6) is -9.16. The van der Waals surface area contributed by atoms with E-state index in [1.807, 2.05) is 18.5 Å². The van der Waals surface area contributed by atoms with Crippen molar-refractivity contribution in [3.05, 3.63) is 54.1 Å². The largest absolute Gasteiger partial charge is 0.481 e. The molecule has 21 nitrogen and oxygen atoms in total. The monoisotopic (exact) mass is 832 g/mol. The van der Waals surface area contributed by atoms with Gasteiger partial charge in [-0.25, -0.2) is 9.78 Å². The Balaban J connectivity index is 2.30. The van der Waals surface area contributed by atoms with Gasteiger partial charge in [-0.2, -0.15) is 11.8 Å². The zero-order chi connectivity index (χ0) is 43.4. The maximum absolute atomic E-state index is 14.0. The standard InChI is InChI=1S/C36H52N10O11S/c1-4-19(2)30(46-31(51)22(37)10-11-58-3)35(55)44-24(13-21-16-39-18-41-21)33(53)43-23(12-20-8-6-5-7-9-20)32(52)40-17-28(48)42-25(14-27(38)47)34(54)45-26(36(56)57)15-29(49)50/h5-9,16,18-19,22-26,30H,4,10-15,17,37H2,1-3H3,(H2,38,47)(H,39,41)(H,40,52)(H,42,48)(H,43,53)(H,44,55)(H,45,54)(H,46,51)(H,49,50)(H,56,57)/t19-,22-,23-,24-,25-,26-,30-/m0/s1. The molecule has 318 valence electrons. The molecule has 0 aliphatic carbocycles. The minimum Gasteiger partial charge on any atom is -0.481 e. The van der Waals surface area contributed by atoms with Crippen LogP contribution in [0.2, 0.25) is 0 Å². The molecule has 0 unspecified atom stereocenters. The molecule has 2 rings (SSSR count). The number of hydrogen-bond acceptors (Lipinski definition) is 12. The fourth-order valence-corrected chi connectivity index (χ4v) is 5.84. The summed E-state index contributed by atoms with van der Waals surface area (Å²) in [6, 6.07) is 0.298. The van der Waals surface area contributed by atoms with Gasteiger partial charge in [0.1, 0.15) is 30.2 Å². The highest BCUT2D eigenvalue weighted by atomic mass is 32.2. The van der Waals surface area contributed by atoms with Crippen molar-refractivity contribution in [2.75, 3.05) is 18.6 Å². The first-order valence-corrected chi connectivity index (χ1v) is 19.6. The number of amides is 7. The lowest BCUT2D eigenvalue weighted by molar-refractivity contribution is -0.147. The molecule has 0 aliphatic heterocycles. The number of aliphatic carboxylic acids is 2. The number of benzene rings is 1. The van der Waals surface area contributed by atoms with Crippen LogP contribution in [0, 0.1) is 5.92 Å². The van der Waals surface area contributed by atoms with Crippen molar-refractivity contribution in [3.8, 4) is 0 Å². The molecular formula is C36H52N10O11S. The molecule has 1 aromatic carbocycles. The van der Waals surface area contributed by atoms with Crippen molar-refractivity contribution < 1.29 is 53.4 Å². The van der Waals surface area contributed by atoms with Crippen LogP contribution in [0.25, 0.3) is 0 Å². The van der Waals surface area contributed by atoms with Crippen molar-refractivity contribution in [3.63, 3.8) is 0 Å². The fraction of sp³-hybridized carbons (Fsp3) is 0.500. The molecule has 0 fully saturated rings. The number of imidazole rings is 1. The zero-order valence-electron chi connectivity index (χ0n) is 32.3. The van der Waals surface area contributed by atoms with Gasteiger partial charge in [-0.15, -0.1) is 0 Å². The number of H-pyrrole nitrogens is 1. The lowest BCUT2D eigenvalue weighted by Crippen LogP contribution is -2.60. The normalized spacial score (nSPS) is 14.5. The second-order valence-electron chi connectivity index (χ2n) is 13.4. The Kier molecular flexibility index (Phi) is 20.4. The minimum absolute atomic E-state index is 0.0862. The van der Waals surface area contributed by atoms with Gasteiger partial charge >= 0.3 is 11.9 Å². The number of aromatic amines is 1. The first kappa shape index (κ1) is 48.1. The van der Waals surface area contributed by atoms with Crippen LogP contribution in [0.1, 0.15) is 50.8 Å². The van der Waals surface area contributed by atoms with Gasteiger partial charge in [0.2, 0.25) is 41.4 Å². The number of rotatable bonds is 26. The number of carboxylic acid groups (broad SMARTS) is 2. The molecule has 2 aromatic rings. The smallest absolute Gasteiger partial charge is 0.326 e. The van der Waals surface area contributed by atoms with E-state index in [9.17, 15) is 48.3 Å². The third-order valence-corrected chi connectivity index (χ3v) is 9.41. The summed E-state index contributed by atoms with van der Waals surface area (Å²) in [6.07, 6.45) is 3.57. The molecule has 1 heterocycles. The van der Waals surface area contributed by atoms with Gasteiger partial charge in [0.15, 0.2) is 0 Å². The summed E-state index contributed by atoms with van der Waals surface area (Å²) in [6.45, 7) is 2.78. The van der Waals surface area contributed by atoms with Crippen LogP contribution < -0.4 is 43.4 Å². The Morgan fingerprint density at radius 2 is 1.41 bits per heavy atom. The molecule has 1 aromatic heterocycles. The van der Waals surface area contributed by atoms with E-state index in [0.29, 0.717) is 29.9 Å². The molecule has 7 atom stereocenters. The van der Waals surface area contributed by atoms with Gasteiger partial charge in [0.05, 0.1) is 31.8 Å². The van der Waals surface area contributed by atoms with Gasteiger partial charge in [-0.1, -0.05) is 50.6 Å². The van der Waals surface area contributed by atoms with E-state index in [1.165, 1.54) is 24.3 Å². The molecule has 0 radical (unpaired) electrons. The number of carboxylic acids is 2. The van der Waals surface area contributed by atoms with E-state index < -0.39 is 109 Å². The van der Waals surface area contributed by atoms with Crippen molar-refractivity contribution in [1.82, 2.24) is 41.9 Å². The summed E-state index contributed by atoms with van der Waals surface area (Å²) < 4.78 is 0. The van der Waals surface area contributed by atoms with Crippen LogP contribution in [0.15, 0.2) is 42.9 Å². The molecule has 0 saturated heterocycles. The van der Waals surface area contributed by atoms with Gasteiger partial charge < -0.3 is 58.6 Å². The molecule has 0 spiro atoms. The summed E-state index contributed by atoms with van der Waals surface area (Å²) in [5, 5.41) is 32.7. The number of nitrogens with one attached hydrogen (secondary N) is 7. The van der Waals surface area contributed by atoms with E-state index in [2.05, 4.69) is 36.6 Å². The Hall–Kier alpha value is -6.03. The van der Waals surface area contributed by atoms with Gasteiger partial charge in [0.25, 0.3) is 0 Å². The Morgan fingerprint density at radius 3 is 1.98 bits per heavy atom. The average molecular weight is 833 g/mol. The summed E-state index contributed by atoms with van der Waals surface area (Å²) in [7, 11) is 0. The van der Waals surface area contributed by atoms with E-state index >= 15 is 0 Å². The molecule has 7 amide bonds. The molecule has 13 N–H and O–H groups in total. The minimum atomic E-state index is -1.89. The number of nitrogens with two attached hydrogens (primary N) is 2. The second-order valence-corrected chi connectivity index (χ2v) is 14.3. The Labute approximate surface area is 338 Å². The van der Waals surface area contributed by atoms with E-state index in [0.717, 1.165) is 0 Å². The number of carbonyl (C=O) groups is 9. The van der Waals surface area contributed by atoms with Crippen molar-refractivity contribution in [1.29, 1.82) is 0 Å². The number of hydrogen-bond donors (Lipinski definition) is 11. The van der Waals surface area contributed by atoms with Crippen LogP contribution >= 0.6 is 11.8 Å². The molecule has 0 aliphatic rings. The first-order valence-electron chi connectivity index (χ1n) is 18.2. The second kappa shape index (κ2) is 24.6. The SMILES string of the molecule is CC[C@H](C)[C@H](NC(=O)[C@@H](N)CCSC)C(=O)N[C@@H](Cc1cnc[nH]1)C(=O)N[C@@H](Cc1ccccc1)C(=O)NCC(=O)N[C@@H](CC(N)=O)C(=O)N[C@@H](CC(=O)O)C(=O)O. The van der Waals surface area contributed by atoms with Gasteiger partial charge in [-0.3, -0.25) is 38.4 Å². The predicted molar refractivity (Wildman–Crippen MR) is 209 cm³/mol. The highest BCUT2D eigenvalue weighted by molar-refractivity contribution is 7.98. The van der Waals surface area contributed by atoms with E-state index in [-0.39, 0.29) is 18.8 Å². The van der Waals surface area contributed by atoms with Crippen LogP contribution in [0.3, 0.4) is 0 Å². The molecule has 58 heavy (non-hydrogen) atoms. The Bertz CT molecular complexity index is 1730. The van der Waals surface area contributed by atoms with Crippen LogP contribution in [0.4, 0.5) is 0 Å². The average Bonchev–Trinajstić information content (AvgIpc) is 3.69. The third-order valence-electron chi connectivity index (χ3n) is 8.76. The molecular weight excluding hydrogens is 781 g/mol. The fourth-order valence-electron chi connectivity index (χ4n) is 5.35. The predicted octanol–water partition coefficient (Wildman–Crippen LogP) is -2.70. The third kappa shape index (κ3) is 17.0. The van der Waals surface area contributed by atoms with Crippen LogP contribution in [-0.2, 0) is 56.0 Å². The van der Waals surface area contributed by atoms with Crippen molar-refractivity contribution in [2.24, 2.45) is 17.4 Å². The summed E-state index contributed by atoms with van der Waals surface area (Å²) >= 11 is 1.52. The summed E-state index contributed by atoms with van der Waals surface area (Å²) in [5.41, 5.74) is 12.3. The van der Waals surface area contributed by atoms with Crippen molar-refractivity contribution >= 4 is 65.1 Å². The molecule has 0 saturated carbocycles. The maximum atomic E-state index is 14.0. The molecule has 0 bridgehead atoms. The number of thioether (sulfide) groups is 1. The quantitative estimate of drug-likeness (QED) is 0.0460. The topological polar surface area (TPSA) is 347 Å². The number of aromatic nitrogens is 2. The van der Waals surface area contributed by atoms with Crippen LogP contribution in [-0.4, -0.2) is 128 Å². The van der Waals surface area contributed by atoms with Crippen molar-refractivity contribution in [2.45, 2.75) is 88.6 Å². The lowest BCUT2D eigenvalue weighted by atomic mass is 9.97. The molecule has 22 heteroatoms. The number of carbonyl (C=O) groups excluding carboxylic acids is 7. The zero-order valence-corrected chi connectivity index (χ0v) is 33.1. The highest BCUT2D eigenvalue weighted by Gasteiger charge is 2.34. The Morgan fingerprint density at radius 1 is 0.793 bits per heavy atom. The van der Waals surface area contributed by atoms with E-state index in [4.69, 9.17) is 16.6 Å². The van der Waals surface area contributed by atoms with Crippen LogP contribution in [0.5, 0.6) is 0 Å². The maximum Gasteiger partial charge on any atom is 0.326 e. The van der Waals surface area contributed by atoms with Gasteiger partial charge in [0, 0.05) is 24.7 Å². The highest BCUT2D eigenvalue weighted by Crippen LogP contribution is 2.11. The number of nitrogens with zero attached hydrogens (tertiary/aromatic N) is 1. The van der Waals surface area contributed by atoms with E-state index in [1.54, 1.807) is 37.3 Å². The van der Waals surface area contributed by atoms with Gasteiger partial charge in [-0.05, 0) is 29.9 Å². The lowest BCUT2D eigenvalue weighted by Gasteiger charge is -2.28. The number of primary amides is 1.